The Morgan fingerprint density at radius 3 is 2.43 bits per heavy atom. The summed E-state index contributed by atoms with van der Waals surface area (Å²) in [5, 5.41) is 58.7. The van der Waals surface area contributed by atoms with Gasteiger partial charge in [-0.25, -0.2) is 0 Å². The average molecular weight is 705 g/mol. The minimum absolute atomic E-state index is 0.0902. The summed E-state index contributed by atoms with van der Waals surface area (Å²) >= 11 is 0. The Kier molecular flexibility index (Phi) is 13.6. The lowest BCUT2D eigenvalue weighted by Crippen LogP contribution is -2.50. The van der Waals surface area contributed by atoms with Gasteiger partial charge in [-0.2, -0.15) is 0 Å². The highest BCUT2D eigenvalue weighted by Crippen LogP contribution is 2.55. The first-order chi connectivity index (χ1) is 24.6. The lowest BCUT2D eigenvalue weighted by atomic mass is 9.84. The number of aromatic nitrogens is 1. The van der Waals surface area contributed by atoms with E-state index in [1.165, 1.54) is 32.7 Å². The number of hydrogen-bond acceptors (Lipinski definition) is 9. The third-order valence-corrected chi connectivity index (χ3v) is 10.8. The van der Waals surface area contributed by atoms with Gasteiger partial charge in [-0.05, 0) is 116 Å². The van der Waals surface area contributed by atoms with Gasteiger partial charge < -0.3 is 40.3 Å². The Labute approximate surface area is 301 Å². The summed E-state index contributed by atoms with van der Waals surface area (Å²) in [7, 11) is 0. The Hall–Kier alpha value is -3.38. The molecule has 0 bridgehead atoms. The zero-order valence-electron chi connectivity index (χ0n) is 30.0. The molecule has 278 valence electrons. The van der Waals surface area contributed by atoms with Crippen molar-refractivity contribution in [1.82, 2.24) is 9.88 Å². The van der Waals surface area contributed by atoms with E-state index < -0.39 is 31.0 Å². The molecule has 6 N–H and O–H groups in total. The third kappa shape index (κ3) is 10.2. The van der Waals surface area contributed by atoms with E-state index in [9.17, 15) is 30.3 Å². The maximum Gasteiger partial charge on any atom is 0.222 e. The van der Waals surface area contributed by atoms with Gasteiger partial charge in [-0.1, -0.05) is 43.3 Å². The monoisotopic (exact) mass is 704 g/mol. The summed E-state index contributed by atoms with van der Waals surface area (Å²) in [6.45, 7) is 3.32. The maximum atomic E-state index is 13.2. The number of rotatable bonds is 21. The number of pyridine rings is 1. The van der Waals surface area contributed by atoms with Gasteiger partial charge in [0.2, 0.25) is 5.91 Å². The summed E-state index contributed by atoms with van der Waals surface area (Å²) in [4.78, 5) is 19.1. The second-order valence-corrected chi connectivity index (χ2v) is 14.7. The van der Waals surface area contributed by atoms with Gasteiger partial charge in [0.05, 0.1) is 12.7 Å². The summed E-state index contributed by atoms with van der Waals surface area (Å²) in [5.41, 5.74) is 7.58. The summed E-state index contributed by atoms with van der Waals surface area (Å²) in [6, 6.07) is 17.2. The number of amides is 1. The standard InChI is InChI=1S/C41H56N2O8/c1-27(7-5-10-38(48)43(21-6-22-44)25-35(46)39(49)40(50)36(47)26-45)29-12-11-28(2)30(23-29)15-17-41(18-19-41)34-24-42-20-16-32(34)33-8-3-4-9-37(33)51-31-13-14-31/h3-4,8-9,11-12,16,20,23-24,27,31,35-36,39-40,44-47,49-50H,5-7,10,13-15,17-19,21-22,25-26H2,1-2H3/t27?,35-,36+,39+,40+/m0/s1. The van der Waals surface area contributed by atoms with Crippen molar-refractivity contribution in [3.63, 3.8) is 0 Å². The molecule has 2 aliphatic rings. The molecule has 1 amide bonds. The van der Waals surface area contributed by atoms with Gasteiger partial charge in [-0.15, -0.1) is 0 Å². The summed E-state index contributed by atoms with van der Waals surface area (Å²) in [5.74, 6) is 0.940. The lowest BCUT2D eigenvalue weighted by molar-refractivity contribution is -0.140. The number of hydrogen-bond donors (Lipinski definition) is 6. The Bertz CT molecular complexity index is 1570. The van der Waals surface area contributed by atoms with Crippen LogP contribution in [0.1, 0.15) is 92.9 Å². The molecule has 5 atom stereocenters. The van der Waals surface area contributed by atoms with E-state index in [1.54, 1.807) is 0 Å². The van der Waals surface area contributed by atoms with E-state index in [4.69, 9.17) is 9.84 Å². The molecular formula is C41H56N2O8. The number of aliphatic hydroxyl groups excluding tert-OH is 6. The van der Waals surface area contributed by atoms with Crippen LogP contribution in [0.25, 0.3) is 11.1 Å². The van der Waals surface area contributed by atoms with E-state index in [0.29, 0.717) is 18.9 Å². The quantitative estimate of drug-likeness (QED) is 0.0955. The number of benzene rings is 2. The van der Waals surface area contributed by atoms with Crippen molar-refractivity contribution < 1.29 is 40.2 Å². The lowest BCUT2D eigenvalue weighted by Gasteiger charge is -2.30. The van der Waals surface area contributed by atoms with Crippen LogP contribution in [-0.2, 0) is 16.6 Å². The Morgan fingerprint density at radius 2 is 1.73 bits per heavy atom. The van der Waals surface area contributed by atoms with Crippen molar-refractivity contribution >= 4 is 5.91 Å². The minimum atomic E-state index is -1.77. The van der Waals surface area contributed by atoms with Gasteiger partial charge >= 0.3 is 0 Å². The van der Waals surface area contributed by atoms with Crippen LogP contribution in [0.15, 0.2) is 60.9 Å². The number of carbonyl (C=O) groups is 1. The normalized spacial score (nSPS) is 18.0. The molecular weight excluding hydrogens is 648 g/mol. The molecule has 51 heavy (non-hydrogen) atoms. The molecule has 2 aliphatic carbocycles. The Balaban J connectivity index is 1.18. The third-order valence-electron chi connectivity index (χ3n) is 10.8. The van der Waals surface area contributed by atoms with Gasteiger partial charge in [0.15, 0.2) is 0 Å². The van der Waals surface area contributed by atoms with Gasteiger partial charge in [0.25, 0.3) is 0 Å². The van der Waals surface area contributed by atoms with Crippen molar-refractivity contribution in [2.75, 3.05) is 26.3 Å². The number of aryl methyl sites for hydroxylation is 2. The fourth-order valence-corrected chi connectivity index (χ4v) is 7.02. The molecule has 1 aromatic heterocycles. The van der Waals surface area contributed by atoms with Gasteiger partial charge in [0.1, 0.15) is 30.2 Å². The number of carbonyl (C=O) groups excluding carboxylic acids is 1. The van der Waals surface area contributed by atoms with Crippen LogP contribution in [0, 0.1) is 6.92 Å². The van der Waals surface area contributed by atoms with E-state index in [1.807, 2.05) is 12.3 Å². The van der Waals surface area contributed by atoms with E-state index in [2.05, 4.69) is 67.5 Å². The van der Waals surface area contributed by atoms with E-state index >= 15 is 0 Å². The second kappa shape index (κ2) is 17.9. The molecule has 3 aromatic rings. The number of para-hydroxylation sites is 1. The molecule has 2 aromatic carbocycles. The van der Waals surface area contributed by atoms with Crippen molar-refractivity contribution in [3.8, 4) is 16.9 Å². The predicted molar refractivity (Wildman–Crippen MR) is 195 cm³/mol. The van der Waals surface area contributed by atoms with Crippen molar-refractivity contribution in [3.05, 3.63) is 83.2 Å². The van der Waals surface area contributed by atoms with Crippen LogP contribution in [-0.4, -0.2) is 103 Å². The zero-order valence-corrected chi connectivity index (χ0v) is 30.0. The molecule has 10 nitrogen and oxygen atoms in total. The SMILES string of the molecule is Cc1ccc(C(C)CCCC(=O)N(CCCO)C[C@H](O)[C@@H](O)[C@H](O)[C@H](O)CO)cc1CCC1(c2cnccc2-c2ccccc2OC2CC2)CC1. The molecule has 10 heteroatoms. The van der Waals surface area contributed by atoms with Gasteiger partial charge in [-0.3, -0.25) is 9.78 Å². The number of ether oxygens (including phenoxy) is 1. The molecule has 1 unspecified atom stereocenters. The highest BCUT2D eigenvalue weighted by molar-refractivity contribution is 5.76. The number of aliphatic hydroxyl groups is 6. The average Bonchev–Trinajstić information content (AvgIpc) is 4.09. The van der Waals surface area contributed by atoms with Crippen molar-refractivity contribution in [2.45, 2.75) is 120 Å². The second-order valence-electron chi connectivity index (χ2n) is 14.7. The van der Waals surface area contributed by atoms with E-state index in [-0.39, 0.29) is 43.4 Å². The molecule has 0 spiro atoms. The first-order valence-corrected chi connectivity index (χ1v) is 18.6. The van der Waals surface area contributed by atoms with Crippen LogP contribution >= 0.6 is 0 Å². The Morgan fingerprint density at radius 1 is 0.980 bits per heavy atom. The highest BCUT2D eigenvalue weighted by atomic mass is 16.5. The summed E-state index contributed by atoms with van der Waals surface area (Å²) < 4.78 is 6.30. The first-order valence-electron chi connectivity index (χ1n) is 18.6. The van der Waals surface area contributed by atoms with Crippen LogP contribution in [0.3, 0.4) is 0 Å². The topological polar surface area (TPSA) is 164 Å². The summed E-state index contributed by atoms with van der Waals surface area (Å²) in [6.07, 6.45) is 5.99. The predicted octanol–water partition coefficient (Wildman–Crippen LogP) is 4.18. The largest absolute Gasteiger partial charge is 0.490 e. The first kappa shape index (κ1) is 38.8. The van der Waals surface area contributed by atoms with Crippen molar-refractivity contribution in [1.29, 1.82) is 0 Å². The van der Waals surface area contributed by atoms with E-state index in [0.717, 1.165) is 56.3 Å². The molecule has 0 saturated heterocycles. The fraction of sp³-hybridized carbons (Fsp3) is 0.561. The fourth-order valence-electron chi connectivity index (χ4n) is 7.02. The maximum absolute atomic E-state index is 13.2. The van der Waals surface area contributed by atoms with Crippen LogP contribution in [0.2, 0.25) is 0 Å². The smallest absolute Gasteiger partial charge is 0.222 e. The molecule has 0 radical (unpaired) electrons. The zero-order chi connectivity index (χ0) is 36.5. The molecule has 0 aliphatic heterocycles. The van der Waals surface area contributed by atoms with Crippen molar-refractivity contribution in [2.24, 2.45) is 0 Å². The van der Waals surface area contributed by atoms with Gasteiger partial charge in [0, 0.05) is 44.1 Å². The highest BCUT2D eigenvalue weighted by Gasteiger charge is 2.45. The van der Waals surface area contributed by atoms with Crippen LogP contribution in [0.4, 0.5) is 0 Å². The number of nitrogens with zero attached hydrogens (tertiary/aromatic N) is 2. The molecule has 1 heterocycles. The molecule has 2 fully saturated rings. The molecule has 2 saturated carbocycles. The van der Waals surface area contributed by atoms with Crippen LogP contribution in [0.5, 0.6) is 5.75 Å². The minimum Gasteiger partial charge on any atom is -0.490 e. The van der Waals surface area contributed by atoms with Crippen LogP contribution < -0.4 is 4.74 Å². The molecule has 5 rings (SSSR count).